The maximum atomic E-state index is 14.4. The van der Waals surface area contributed by atoms with E-state index in [0.717, 1.165) is 38.9 Å². The van der Waals surface area contributed by atoms with E-state index in [2.05, 4.69) is 29.6 Å². The number of likely N-dealkylation sites (tertiary alicyclic amines) is 1. The molecule has 3 aliphatic rings. The van der Waals surface area contributed by atoms with E-state index in [1.165, 1.54) is 6.92 Å². The smallest absolute Gasteiger partial charge is 0.407 e. The minimum absolute atomic E-state index is 0.00162. The van der Waals surface area contributed by atoms with Crippen LogP contribution < -0.4 is 14.8 Å². The average molecular weight is 1140 g/mol. The maximum absolute atomic E-state index is 14.4. The third-order valence-electron chi connectivity index (χ3n) is 16.8. The standard InChI is InChI=1S/C70H83N3O11/c1-47(74)29-34-54(75)41-49-40-53(45-84-70(50-20-10-9-11-21-50,51-30-35-55(81-5)36-31-51)52-32-37-56(82-6)38-33-52)73(44-49)66(79)28-13-8-7-12-27-63(76)62(72-48(2)67-64(77)42-69(3,4)43-65(67)78)26-18-19-39-71-68(80)83-46-61-59-24-16-14-22-57(59)58-23-15-17-25-60(58)61/h9-11,14-17,20-25,30-33,35-38,49,53,61-62,77H,7-8,12-13,18-19,26-29,34,39-46H2,1-6H3,(H,71,80)/t49-,53-,62?/m0/s1. The molecule has 14 heteroatoms. The van der Waals surface area contributed by atoms with Crippen LogP contribution in [0.15, 0.2) is 144 Å². The molecule has 3 atom stereocenters. The lowest BCUT2D eigenvalue weighted by molar-refractivity contribution is -0.134. The van der Waals surface area contributed by atoms with Crippen LogP contribution in [0.1, 0.15) is 158 Å². The second kappa shape index (κ2) is 29.2. The number of alkyl carbamates (subject to hydrolysis) is 1. The molecule has 444 valence electrons. The molecule has 0 saturated carbocycles. The van der Waals surface area contributed by atoms with Crippen molar-refractivity contribution in [1.82, 2.24) is 10.2 Å². The highest BCUT2D eigenvalue weighted by Gasteiger charge is 2.42. The van der Waals surface area contributed by atoms with Gasteiger partial charge in [-0.1, -0.05) is 130 Å². The Balaban J connectivity index is 0.885. The topological polar surface area (TPSA) is 187 Å². The summed E-state index contributed by atoms with van der Waals surface area (Å²) in [6, 6.07) is 40.8. The molecule has 0 bridgehead atoms. The van der Waals surface area contributed by atoms with E-state index >= 15 is 0 Å². The van der Waals surface area contributed by atoms with Gasteiger partial charge in [0.15, 0.2) is 11.6 Å². The number of nitrogens with one attached hydrogen (secondary N) is 1. The summed E-state index contributed by atoms with van der Waals surface area (Å²) in [5, 5.41) is 13.9. The number of carbonyl (C=O) groups is 6. The number of rotatable bonds is 30. The van der Waals surface area contributed by atoms with Gasteiger partial charge in [-0.15, -0.1) is 0 Å². The number of ketones is 4. The number of fused-ring (bicyclic) bond motifs is 3. The predicted octanol–water partition coefficient (Wildman–Crippen LogP) is 13.2. The number of hydrogen-bond acceptors (Lipinski definition) is 12. The van der Waals surface area contributed by atoms with Gasteiger partial charge in [0.1, 0.15) is 47.1 Å². The molecular formula is C70H83N3O11. The number of aliphatic hydroxyl groups excluding tert-OH is 1. The monoisotopic (exact) mass is 1140 g/mol. The van der Waals surface area contributed by atoms with Crippen LogP contribution in [0.25, 0.3) is 11.1 Å². The Labute approximate surface area is 495 Å². The fourth-order valence-electron chi connectivity index (χ4n) is 12.5. The third kappa shape index (κ3) is 15.7. The van der Waals surface area contributed by atoms with Crippen LogP contribution in [-0.4, -0.2) is 103 Å². The first-order valence-corrected chi connectivity index (χ1v) is 29.9. The van der Waals surface area contributed by atoms with Gasteiger partial charge in [0.2, 0.25) is 5.91 Å². The fraction of sp³-hybridized carbons (Fsp3) is 0.443. The molecule has 1 fully saturated rings. The van der Waals surface area contributed by atoms with Gasteiger partial charge in [-0.05, 0) is 127 Å². The van der Waals surface area contributed by atoms with Gasteiger partial charge in [-0.2, -0.15) is 0 Å². The summed E-state index contributed by atoms with van der Waals surface area (Å²) in [5.41, 5.74) is 6.22. The number of aliphatic imine (C=N–C) groups is 1. The van der Waals surface area contributed by atoms with Gasteiger partial charge < -0.3 is 39.1 Å². The minimum atomic E-state index is -1.11. The first-order chi connectivity index (χ1) is 40.5. The number of carbonyl (C=O) groups excluding carboxylic acids is 6. The van der Waals surface area contributed by atoms with Crippen molar-refractivity contribution in [3.63, 3.8) is 0 Å². The van der Waals surface area contributed by atoms with E-state index in [9.17, 15) is 33.9 Å². The summed E-state index contributed by atoms with van der Waals surface area (Å²) in [7, 11) is 3.25. The van der Waals surface area contributed by atoms with Gasteiger partial charge in [-0.25, -0.2) is 4.79 Å². The molecular weight excluding hydrogens is 1060 g/mol. The van der Waals surface area contributed by atoms with E-state index < -0.39 is 17.7 Å². The summed E-state index contributed by atoms with van der Waals surface area (Å²) in [6.07, 6.45) is 5.88. The van der Waals surface area contributed by atoms with Crippen molar-refractivity contribution >= 4 is 40.8 Å². The maximum Gasteiger partial charge on any atom is 0.407 e. The van der Waals surface area contributed by atoms with Crippen LogP contribution in [-0.2, 0) is 39.0 Å². The second-order valence-electron chi connectivity index (χ2n) is 23.7. The highest BCUT2D eigenvalue weighted by Crippen LogP contribution is 2.46. The number of allylic oxidation sites excluding steroid dienone is 2. The van der Waals surface area contributed by atoms with Crippen molar-refractivity contribution in [3.8, 4) is 22.6 Å². The molecule has 2 amide bonds. The SMILES string of the molecule is COc1ccc(C(OC[C@@H]2C[C@@H](CC(=O)CCC(C)=O)CN2C(=O)CCCCCCC(=O)C(CCCCNC(=O)OCC2c3ccccc3-c3ccccc32)N=C(C)C2=C(O)CC(C)(C)CC2=O)(c2ccccc2)c2ccc(OC)cc2)cc1. The Morgan fingerprint density at radius 1 is 0.690 bits per heavy atom. The van der Waals surface area contributed by atoms with E-state index in [1.54, 1.807) is 21.1 Å². The van der Waals surface area contributed by atoms with Crippen molar-refractivity contribution in [2.75, 3.05) is 40.5 Å². The van der Waals surface area contributed by atoms with E-state index in [-0.39, 0.29) is 115 Å². The van der Waals surface area contributed by atoms with Crippen molar-refractivity contribution < 1.29 is 52.8 Å². The molecule has 1 unspecified atom stereocenters. The van der Waals surface area contributed by atoms with E-state index in [0.29, 0.717) is 88.1 Å². The lowest BCUT2D eigenvalue weighted by Crippen LogP contribution is -2.42. The Morgan fingerprint density at radius 2 is 1.27 bits per heavy atom. The number of amides is 2. The molecule has 2 N–H and O–H groups in total. The molecule has 5 aromatic rings. The summed E-state index contributed by atoms with van der Waals surface area (Å²) in [6.45, 7) is 8.15. The Morgan fingerprint density at radius 3 is 1.87 bits per heavy atom. The Kier molecular flexibility index (Phi) is 21.7. The van der Waals surface area contributed by atoms with Crippen molar-refractivity contribution in [3.05, 3.63) is 167 Å². The van der Waals surface area contributed by atoms with Crippen LogP contribution in [0.4, 0.5) is 4.79 Å². The van der Waals surface area contributed by atoms with Gasteiger partial charge in [0.05, 0.1) is 32.4 Å². The summed E-state index contributed by atoms with van der Waals surface area (Å²) < 4.78 is 24.1. The van der Waals surface area contributed by atoms with Crippen LogP contribution in [0, 0.1) is 11.3 Å². The molecule has 1 heterocycles. The lowest BCUT2D eigenvalue weighted by Gasteiger charge is -2.38. The molecule has 0 radical (unpaired) electrons. The third-order valence-corrected chi connectivity index (χ3v) is 16.8. The molecule has 1 aliphatic heterocycles. The molecule has 8 rings (SSSR count). The van der Waals surface area contributed by atoms with Crippen molar-refractivity contribution in [1.29, 1.82) is 0 Å². The average Bonchev–Trinajstić information content (AvgIpc) is 1.71. The quantitative estimate of drug-likeness (QED) is 0.0253. The first kappa shape index (κ1) is 62.3. The minimum Gasteiger partial charge on any atom is -0.511 e. The molecule has 14 nitrogen and oxygen atoms in total. The molecule has 0 aromatic heterocycles. The molecule has 5 aromatic carbocycles. The van der Waals surface area contributed by atoms with Crippen molar-refractivity contribution in [2.24, 2.45) is 16.3 Å². The van der Waals surface area contributed by atoms with Gasteiger partial charge in [-0.3, -0.25) is 24.2 Å². The van der Waals surface area contributed by atoms with Gasteiger partial charge >= 0.3 is 6.09 Å². The number of ether oxygens (including phenoxy) is 4. The van der Waals surface area contributed by atoms with Crippen LogP contribution in [0.5, 0.6) is 11.5 Å². The number of benzene rings is 5. The van der Waals surface area contributed by atoms with E-state index in [4.69, 9.17) is 23.9 Å². The Hall–Kier alpha value is -7.71. The lowest BCUT2D eigenvalue weighted by atomic mass is 9.75. The van der Waals surface area contributed by atoms with Crippen LogP contribution in [0.2, 0.25) is 0 Å². The number of Topliss-reactive ketones (excluding diaryl/α,β-unsaturated/α-hetero) is 4. The second-order valence-corrected chi connectivity index (χ2v) is 23.7. The molecule has 84 heavy (non-hydrogen) atoms. The highest BCUT2D eigenvalue weighted by atomic mass is 16.5. The number of nitrogens with zero attached hydrogens (tertiary/aromatic N) is 2. The van der Waals surface area contributed by atoms with Gasteiger partial charge in [0, 0.05) is 69.7 Å². The largest absolute Gasteiger partial charge is 0.511 e. The number of hydrogen-bond donors (Lipinski definition) is 2. The Bertz CT molecular complexity index is 3070. The zero-order valence-electron chi connectivity index (χ0n) is 49.8. The number of aliphatic hydroxyl groups is 1. The van der Waals surface area contributed by atoms with Crippen molar-refractivity contribution in [2.45, 2.75) is 148 Å². The molecule has 0 spiro atoms. The van der Waals surface area contributed by atoms with Gasteiger partial charge in [0.25, 0.3) is 0 Å². The predicted molar refractivity (Wildman–Crippen MR) is 326 cm³/mol. The molecule has 1 saturated heterocycles. The summed E-state index contributed by atoms with van der Waals surface area (Å²) >= 11 is 0. The van der Waals surface area contributed by atoms with Crippen LogP contribution in [0.3, 0.4) is 0 Å². The highest BCUT2D eigenvalue weighted by molar-refractivity contribution is 6.22. The molecule has 2 aliphatic carbocycles. The summed E-state index contributed by atoms with van der Waals surface area (Å²) in [5.74, 6) is 0.884. The number of unbranched alkanes of at least 4 members (excludes halogenated alkanes) is 4. The zero-order chi connectivity index (χ0) is 59.8. The van der Waals surface area contributed by atoms with Crippen LogP contribution >= 0.6 is 0 Å². The van der Waals surface area contributed by atoms with E-state index in [1.807, 2.05) is 122 Å². The normalized spacial score (nSPS) is 17.1. The zero-order valence-corrected chi connectivity index (χ0v) is 49.8. The number of methoxy groups -OCH3 is 2. The fourth-order valence-corrected chi connectivity index (χ4v) is 12.5. The summed E-state index contributed by atoms with van der Waals surface area (Å²) in [4.78, 5) is 86.6. The first-order valence-electron chi connectivity index (χ1n) is 29.9.